The van der Waals surface area contributed by atoms with E-state index in [0.29, 0.717) is 18.7 Å². The number of carbonyl (C=O) groups excluding carboxylic acids is 1. The van der Waals surface area contributed by atoms with Crippen LogP contribution in [0.3, 0.4) is 0 Å². The lowest BCUT2D eigenvalue weighted by Crippen LogP contribution is -2.30. The maximum absolute atomic E-state index is 12.3. The molecule has 0 unspecified atom stereocenters. The van der Waals surface area contributed by atoms with Crippen LogP contribution in [0.25, 0.3) is 11.8 Å². The van der Waals surface area contributed by atoms with Gasteiger partial charge in [-0.15, -0.1) is 0 Å². The van der Waals surface area contributed by atoms with Crippen LogP contribution < -0.4 is 10.1 Å². The molecule has 3 aromatic rings. The molecule has 1 N–H and O–H groups in total. The Hall–Kier alpha value is -3.34. The summed E-state index contributed by atoms with van der Waals surface area (Å²) >= 11 is 0. The highest BCUT2D eigenvalue weighted by Crippen LogP contribution is 2.25. The van der Waals surface area contributed by atoms with Crippen LogP contribution in [0.15, 0.2) is 72.6 Å². The predicted molar refractivity (Wildman–Crippen MR) is 100 cm³/mol. The molecule has 2 aromatic carbocycles. The van der Waals surface area contributed by atoms with Gasteiger partial charge in [0.1, 0.15) is 12.4 Å². The van der Waals surface area contributed by atoms with Gasteiger partial charge in [-0.05, 0) is 42.3 Å². The SMILES string of the molecule is O=C(NCCc1ccc(-n2cccn2)cc1)C1=Cc2ccccc2OC1. The molecule has 26 heavy (non-hydrogen) atoms. The van der Waals surface area contributed by atoms with Crippen LogP contribution in [0.1, 0.15) is 11.1 Å². The van der Waals surface area contributed by atoms with Gasteiger partial charge in [0.2, 0.25) is 0 Å². The third-order valence-corrected chi connectivity index (χ3v) is 4.33. The lowest BCUT2D eigenvalue weighted by atomic mass is 10.1. The average Bonchev–Trinajstić information content (AvgIpc) is 3.23. The molecule has 1 aliphatic heterocycles. The number of benzene rings is 2. The van der Waals surface area contributed by atoms with Crippen molar-refractivity contribution in [3.8, 4) is 11.4 Å². The van der Waals surface area contributed by atoms with Crippen LogP contribution >= 0.6 is 0 Å². The minimum atomic E-state index is -0.0762. The molecule has 4 rings (SSSR count). The van der Waals surface area contributed by atoms with Gasteiger partial charge in [-0.2, -0.15) is 5.10 Å². The lowest BCUT2D eigenvalue weighted by Gasteiger charge is -2.17. The van der Waals surface area contributed by atoms with Gasteiger partial charge in [0, 0.05) is 24.5 Å². The van der Waals surface area contributed by atoms with Gasteiger partial charge in [0.05, 0.1) is 11.3 Å². The van der Waals surface area contributed by atoms with Gasteiger partial charge in [0.15, 0.2) is 0 Å². The monoisotopic (exact) mass is 345 g/mol. The zero-order valence-corrected chi connectivity index (χ0v) is 14.3. The Labute approximate surface area is 151 Å². The van der Waals surface area contributed by atoms with E-state index >= 15 is 0 Å². The molecule has 1 aromatic heterocycles. The smallest absolute Gasteiger partial charge is 0.250 e. The quantitative estimate of drug-likeness (QED) is 0.773. The number of hydrogen-bond acceptors (Lipinski definition) is 3. The highest BCUT2D eigenvalue weighted by molar-refractivity contribution is 5.99. The number of hydrogen-bond donors (Lipinski definition) is 1. The number of nitrogens with one attached hydrogen (secondary N) is 1. The first-order valence-corrected chi connectivity index (χ1v) is 8.59. The average molecular weight is 345 g/mol. The number of aromatic nitrogens is 2. The van der Waals surface area contributed by atoms with Crippen LogP contribution in [0.4, 0.5) is 0 Å². The molecule has 2 heterocycles. The molecule has 0 spiro atoms. The Morgan fingerprint density at radius 2 is 1.96 bits per heavy atom. The van der Waals surface area contributed by atoms with Crippen molar-refractivity contribution in [1.29, 1.82) is 0 Å². The molecule has 130 valence electrons. The first-order valence-electron chi connectivity index (χ1n) is 8.59. The van der Waals surface area contributed by atoms with E-state index < -0.39 is 0 Å². The van der Waals surface area contributed by atoms with Crippen molar-refractivity contribution < 1.29 is 9.53 Å². The standard InChI is InChI=1S/C21H19N3O2/c25-21(18-14-17-4-1-2-5-20(17)26-15-18)22-12-10-16-6-8-19(9-7-16)24-13-3-11-23-24/h1-9,11,13-14H,10,12,15H2,(H,22,25). The van der Waals surface area contributed by atoms with Crippen molar-refractivity contribution in [3.63, 3.8) is 0 Å². The van der Waals surface area contributed by atoms with Gasteiger partial charge in [-0.1, -0.05) is 30.3 Å². The molecule has 1 aliphatic rings. The topological polar surface area (TPSA) is 56.2 Å². The minimum Gasteiger partial charge on any atom is -0.488 e. The predicted octanol–water partition coefficient (Wildman–Crippen LogP) is 3.01. The fourth-order valence-electron chi connectivity index (χ4n) is 2.92. The van der Waals surface area contributed by atoms with Crippen LogP contribution in [-0.4, -0.2) is 28.8 Å². The van der Waals surface area contributed by atoms with E-state index in [1.165, 1.54) is 5.56 Å². The normalized spacial score (nSPS) is 12.7. The molecule has 0 bridgehead atoms. The zero-order valence-electron chi connectivity index (χ0n) is 14.3. The third-order valence-electron chi connectivity index (χ3n) is 4.33. The fourth-order valence-corrected chi connectivity index (χ4v) is 2.92. The summed E-state index contributed by atoms with van der Waals surface area (Å²) in [6, 6.07) is 17.8. The maximum atomic E-state index is 12.3. The Morgan fingerprint density at radius 3 is 2.77 bits per heavy atom. The first kappa shape index (κ1) is 16.1. The van der Waals surface area contributed by atoms with Crippen LogP contribution in [0.5, 0.6) is 5.75 Å². The summed E-state index contributed by atoms with van der Waals surface area (Å²) in [5.41, 5.74) is 3.78. The first-order chi connectivity index (χ1) is 12.8. The van der Waals surface area contributed by atoms with Crippen LogP contribution in [0, 0.1) is 0 Å². The van der Waals surface area contributed by atoms with Gasteiger partial charge in [0.25, 0.3) is 5.91 Å². The highest BCUT2D eigenvalue weighted by Gasteiger charge is 2.16. The number of rotatable bonds is 5. The Bertz CT molecular complexity index is 928. The summed E-state index contributed by atoms with van der Waals surface area (Å²) < 4.78 is 7.45. The summed E-state index contributed by atoms with van der Waals surface area (Å²) in [4.78, 5) is 12.3. The Kier molecular flexibility index (Phi) is 4.51. The van der Waals surface area contributed by atoms with Gasteiger partial charge in [-0.25, -0.2) is 4.68 Å². The second-order valence-corrected chi connectivity index (χ2v) is 6.12. The van der Waals surface area contributed by atoms with Crippen molar-refractivity contribution >= 4 is 12.0 Å². The van der Waals surface area contributed by atoms with E-state index in [1.807, 2.05) is 59.4 Å². The number of para-hydroxylation sites is 1. The van der Waals surface area contributed by atoms with Crippen molar-refractivity contribution in [2.45, 2.75) is 6.42 Å². The maximum Gasteiger partial charge on any atom is 0.250 e. The molecule has 0 saturated heterocycles. The number of nitrogens with zero attached hydrogens (tertiary/aromatic N) is 2. The van der Waals surface area contributed by atoms with Gasteiger partial charge in [-0.3, -0.25) is 4.79 Å². The Balaban J connectivity index is 1.32. The molecule has 0 saturated carbocycles. The minimum absolute atomic E-state index is 0.0762. The third kappa shape index (κ3) is 3.52. The fraction of sp³-hybridized carbons (Fsp3) is 0.143. The molecule has 0 atom stereocenters. The summed E-state index contributed by atoms with van der Waals surface area (Å²) in [5.74, 6) is 0.744. The lowest BCUT2D eigenvalue weighted by molar-refractivity contribution is -0.117. The number of ether oxygens (including phenoxy) is 1. The molecule has 0 radical (unpaired) electrons. The van der Waals surface area contributed by atoms with E-state index in [1.54, 1.807) is 6.20 Å². The summed E-state index contributed by atoms with van der Waals surface area (Å²) in [5, 5.41) is 7.18. The number of amides is 1. The van der Waals surface area contributed by atoms with E-state index in [0.717, 1.165) is 23.4 Å². The zero-order chi connectivity index (χ0) is 17.8. The van der Waals surface area contributed by atoms with E-state index in [4.69, 9.17) is 4.74 Å². The highest BCUT2D eigenvalue weighted by atomic mass is 16.5. The molecular weight excluding hydrogens is 326 g/mol. The molecule has 1 amide bonds. The van der Waals surface area contributed by atoms with E-state index in [9.17, 15) is 4.79 Å². The molecule has 0 aliphatic carbocycles. The van der Waals surface area contributed by atoms with Crippen LogP contribution in [0.2, 0.25) is 0 Å². The number of carbonyl (C=O) groups is 1. The van der Waals surface area contributed by atoms with Crippen molar-refractivity contribution in [2.75, 3.05) is 13.2 Å². The summed E-state index contributed by atoms with van der Waals surface area (Å²) in [6.45, 7) is 0.889. The van der Waals surface area contributed by atoms with E-state index in [-0.39, 0.29) is 5.91 Å². The number of fused-ring (bicyclic) bond motifs is 1. The Morgan fingerprint density at radius 1 is 1.12 bits per heavy atom. The molecule has 5 nitrogen and oxygen atoms in total. The molecule has 5 heteroatoms. The van der Waals surface area contributed by atoms with Gasteiger partial charge >= 0.3 is 0 Å². The summed E-state index contributed by atoms with van der Waals surface area (Å²) in [6.07, 6.45) is 6.34. The second-order valence-electron chi connectivity index (χ2n) is 6.12. The largest absolute Gasteiger partial charge is 0.488 e. The van der Waals surface area contributed by atoms with Crippen LogP contribution in [-0.2, 0) is 11.2 Å². The van der Waals surface area contributed by atoms with Crippen molar-refractivity contribution in [1.82, 2.24) is 15.1 Å². The van der Waals surface area contributed by atoms with Gasteiger partial charge < -0.3 is 10.1 Å². The van der Waals surface area contributed by atoms with E-state index in [2.05, 4.69) is 22.5 Å². The molecule has 0 fully saturated rings. The second kappa shape index (κ2) is 7.27. The van der Waals surface area contributed by atoms with Crippen molar-refractivity contribution in [2.24, 2.45) is 0 Å². The summed E-state index contributed by atoms with van der Waals surface area (Å²) in [7, 11) is 0. The van der Waals surface area contributed by atoms with Crippen molar-refractivity contribution in [3.05, 3.63) is 83.7 Å². The molecular formula is C21H19N3O2.